The van der Waals surface area contributed by atoms with Crippen LogP contribution in [0.2, 0.25) is 0 Å². The van der Waals surface area contributed by atoms with Crippen molar-refractivity contribution in [1.82, 2.24) is 9.97 Å². The van der Waals surface area contributed by atoms with Gasteiger partial charge >= 0.3 is 6.18 Å². The number of rotatable bonds is 1. The Kier molecular flexibility index (Phi) is 2.90. The summed E-state index contributed by atoms with van der Waals surface area (Å²) >= 11 is 0. The number of aromatic nitrogens is 2. The van der Waals surface area contributed by atoms with Crippen molar-refractivity contribution in [3.63, 3.8) is 0 Å². The Labute approximate surface area is 99.3 Å². The Morgan fingerprint density at radius 2 is 1.83 bits per heavy atom. The van der Waals surface area contributed by atoms with Crippen LogP contribution in [0.15, 0.2) is 30.6 Å². The van der Waals surface area contributed by atoms with E-state index in [1.165, 1.54) is 12.3 Å². The van der Waals surface area contributed by atoms with Gasteiger partial charge in [0.2, 0.25) is 0 Å². The Morgan fingerprint density at radius 3 is 2.44 bits per heavy atom. The predicted molar refractivity (Wildman–Crippen MR) is 56.8 cm³/mol. The lowest BCUT2D eigenvalue weighted by Gasteiger charge is -2.10. The summed E-state index contributed by atoms with van der Waals surface area (Å²) in [5.74, 6) is -0.653. The molecule has 0 bridgehead atoms. The number of halogens is 4. The summed E-state index contributed by atoms with van der Waals surface area (Å²) in [4.78, 5) is 6.95. The second kappa shape index (κ2) is 4.25. The van der Waals surface area contributed by atoms with Gasteiger partial charge in [-0.05, 0) is 18.2 Å². The smallest absolute Gasteiger partial charge is 0.397 e. The molecule has 2 rings (SSSR count). The first-order valence-electron chi connectivity index (χ1n) is 4.82. The summed E-state index contributed by atoms with van der Waals surface area (Å²) in [5, 5.41) is 0. The zero-order chi connectivity index (χ0) is 13.3. The van der Waals surface area contributed by atoms with Gasteiger partial charge in [-0.1, -0.05) is 0 Å². The van der Waals surface area contributed by atoms with Crippen molar-refractivity contribution < 1.29 is 17.6 Å². The van der Waals surface area contributed by atoms with Gasteiger partial charge in [-0.2, -0.15) is 13.2 Å². The molecule has 0 spiro atoms. The van der Waals surface area contributed by atoms with Crippen molar-refractivity contribution >= 4 is 5.69 Å². The highest BCUT2D eigenvalue weighted by Gasteiger charge is 2.35. The predicted octanol–water partition coefficient (Wildman–Crippen LogP) is 2.88. The molecule has 94 valence electrons. The van der Waals surface area contributed by atoms with Crippen molar-refractivity contribution in [2.75, 3.05) is 5.73 Å². The second-order valence-electron chi connectivity index (χ2n) is 3.52. The Hall–Kier alpha value is -2.18. The molecule has 0 atom stereocenters. The molecule has 0 aliphatic heterocycles. The van der Waals surface area contributed by atoms with Crippen molar-refractivity contribution in [2.24, 2.45) is 0 Å². The maximum absolute atomic E-state index is 12.9. The van der Waals surface area contributed by atoms with Gasteiger partial charge in [0.25, 0.3) is 0 Å². The van der Waals surface area contributed by atoms with Crippen LogP contribution in [-0.4, -0.2) is 9.97 Å². The maximum Gasteiger partial charge on any atom is 0.435 e. The molecule has 0 saturated heterocycles. The van der Waals surface area contributed by atoms with Crippen LogP contribution < -0.4 is 5.73 Å². The quantitative estimate of drug-likeness (QED) is 0.799. The summed E-state index contributed by atoms with van der Waals surface area (Å²) in [5.41, 5.74) is 3.66. The third-order valence-corrected chi connectivity index (χ3v) is 2.20. The first-order valence-corrected chi connectivity index (χ1v) is 4.82. The Bertz CT molecular complexity index is 581. The summed E-state index contributed by atoms with van der Waals surface area (Å²) in [7, 11) is 0. The zero-order valence-electron chi connectivity index (χ0n) is 8.87. The highest BCUT2D eigenvalue weighted by molar-refractivity contribution is 5.61. The average molecular weight is 257 g/mol. The fourth-order valence-corrected chi connectivity index (χ4v) is 1.41. The highest BCUT2D eigenvalue weighted by Crippen LogP contribution is 2.33. The lowest BCUT2D eigenvalue weighted by Crippen LogP contribution is -2.12. The van der Waals surface area contributed by atoms with Crippen LogP contribution in [0.1, 0.15) is 5.69 Å². The van der Waals surface area contributed by atoms with E-state index in [4.69, 9.17) is 5.73 Å². The monoisotopic (exact) mass is 257 g/mol. The molecule has 0 aliphatic carbocycles. The van der Waals surface area contributed by atoms with Crippen molar-refractivity contribution in [2.45, 2.75) is 6.18 Å². The van der Waals surface area contributed by atoms with Crippen molar-refractivity contribution in [1.29, 1.82) is 0 Å². The minimum Gasteiger partial charge on any atom is -0.397 e. The number of alkyl halides is 3. The molecule has 0 saturated carbocycles. The summed E-state index contributed by atoms with van der Waals surface area (Å²) < 4.78 is 50.7. The summed E-state index contributed by atoms with van der Waals surface area (Å²) in [6, 6.07) is 3.41. The SMILES string of the molecule is Nc1ccc(-c2cncc(F)c2)nc1C(F)(F)F. The Balaban J connectivity index is 2.54. The van der Waals surface area contributed by atoms with Crippen LogP contribution in [0.4, 0.5) is 23.2 Å². The normalized spacial score (nSPS) is 11.6. The van der Waals surface area contributed by atoms with E-state index in [-0.39, 0.29) is 11.3 Å². The van der Waals surface area contributed by atoms with Gasteiger partial charge in [-0.25, -0.2) is 9.37 Å². The first-order chi connectivity index (χ1) is 8.38. The number of hydrogen-bond acceptors (Lipinski definition) is 3. The standard InChI is InChI=1S/C11H7F4N3/c12-7-3-6(4-17-5-7)9-2-1-8(16)10(18-9)11(13,14)15/h1-5H,16H2. The van der Waals surface area contributed by atoms with E-state index in [1.807, 2.05) is 0 Å². The minimum atomic E-state index is -4.65. The van der Waals surface area contributed by atoms with Crippen LogP contribution >= 0.6 is 0 Å². The number of hydrogen-bond donors (Lipinski definition) is 1. The molecule has 18 heavy (non-hydrogen) atoms. The third kappa shape index (κ3) is 2.39. The molecule has 2 aromatic rings. The van der Waals surface area contributed by atoms with E-state index in [9.17, 15) is 17.6 Å². The van der Waals surface area contributed by atoms with Crippen molar-refractivity contribution in [3.05, 3.63) is 42.1 Å². The number of pyridine rings is 2. The Morgan fingerprint density at radius 1 is 1.11 bits per heavy atom. The molecule has 0 radical (unpaired) electrons. The van der Waals surface area contributed by atoms with Crippen LogP contribution in [0.25, 0.3) is 11.3 Å². The molecule has 3 nitrogen and oxygen atoms in total. The second-order valence-corrected chi connectivity index (χ2v) is 3.52. The summed E-state index contributed by atoms with van der Waals surface area (Å²) in [6.07, 6.45) is -2.48. The van der Waals surface area contributed by atoms with E-state index in [0.29, 0.717) is 0 Å². The molecule has 2 N–H and O–H groups in total. The van der Waals surface area contributed by atoms with E-state index < -0.39 is 23.4 Å². The van der Waals surface area contributed by atoms with Gasteiger partial charge in [-0.3, -0.25) is 4.98 Å². The van der Waals surface area contributed by atoms with Crippen LogP contribution in [-0.2, 0) is 6.18 Å². The number of nitrogen functional groups attached to an aromatic ring is 1. The first kappa shape index (κ1) is 12.3. The van der Waals surface area contributed by atoms with Gasteiger partial charge < -0.3 is 5.73 Å². The van der Waals surface area contributed by atoms with Gasteiger partial charge in [0.15, 0.2) is 5.69 Å². The average Bonchev–Trinajstić information content (AvgIpc) is 2.28. The highest BCUT2D eigenvalue weighted by atomic mass is 19.4. The number of anilines is 1. The maximum atomic E-state index is 12.9. The molecule has 0 amide bonds. The van der Waals surface area contributed by atoms with Gasteiger partial charge in [0, 0.05) is 11.8 Å². The number of nitrogens with zero attached hydrogens (tertiary/aromatic N) is 2. The molecule has 0 aromatic carbocycles. The lowest BCUT2D eigenvalue weighted by atomic mass is 10.1. The minimum absolute atomic E-state index is 0.0384. The van der Waals surface area contributed by atoms with E-state index in [1.54, 1.807) is 0 Å². The number of nitrogens with two attached hydrogens (primary N) is 1. The van der Waals surface area contributed by atoms with Crippen molar-refractivity contribution in [3.8, 4) is 11.3 Å². The van der Waals surface area contributed by atoms with Crippen LogP contribution in [0, 0.1) is 5.82 Å². The molecule has 0 unspecified atom stereocenters. The van der Waals surface area contributed by atoms with Gasteiger partial charge in [0.05, 0.1) is 17.6 Å². The lowest BCUT2D eigenvalue weighted by molar-refractivity contribution is -0.140. The van der Waals surface area contributed by atoms with E-state index in [0.717, 1.165) is 18.3 Å². The van der Waals surface area contributed by atoms with Gasteiger partial charge in [0.1, 0.15) is 5.82 Å². The molecule has 7 heteroatoms. The topological polar surface area (TPSA) is 51.8 Å². The molecule has 2 heterocycles. The third-order valence-electron chi connectivity index (χ3n) is 2.20. The molecule has 2 aromatic heterocycles. The zero-order valence-corrected chi connectivity index (χ0v) is 8.87. The van der Waals surface area contributed by atoms with Crippen LogP contribution in [0.5, 0.6) is 0 Å². The van der Waals surface area contributed by atoms with E-state index in [2.05, 4.69) is 9.97 Å². The van der Waals surface area contributed by atoms with E-state index >= 15 is 0 Å². The fourth-order valence-electron chi connectivity index (χ4n) is 1.41. The van der Waals surface area contributed by atoms with Crippen LogP contribution in [0.3, 0.4) is 0 Å². The van der Waals surface area contributed by atoms with Gasteiger partial charge in [-0.15, -0.1) is 0 Å². The largest absolute Gasteiger partial charge is 0.435 e. The summed E-state index contributed by atoms with van der Waals surface area (Å²) in [6.45, 7) is 0. The molecular weight excluding hydrogens is 250 g/mol. The molecule has 0 fully saturated rings. The molecular formula is C11H7F4N3. The molecule has 0 aliphatic rings. The fraction of sp³-hybridized carbons (Fsp3) is 0.0909.